The first-order valence-electron chi connectivity index (χ1n) is 8.99. The molecule has 3 fully saturated rings. The molecule has 0 amide bonds. The van der Waals surface area contributed by atoms with Crippen LogP contribution in [0.2, 0.25) is 0 Å². The number of carbonyl (C=O) groups is 2. The van der Waals surface area contributed by atoms with Gasteiger partial charge in [0, 0.05) is 17.3 Å². The van der Waals surface area contributed by atoms with Gasteiger partial charge in [-0.15, -0.1) is 0 Å². The fourth-order valence-electron chi connectivity index (χ4n) is 6.39. The molecule has 22 heavy (non-hydrogen) atoms. The van der Waals surface area contributed by atoms with Crippen molar-refractivity contribution in [3.8, 4) is 0 Å². The largest absolute Gasteiger partial charge is 0.299 e. The minimum atomic E-state index is -0.0501. The second-order valence-electron chi connectivity index (χ2n) is 8.13. The van der Waals surface area contributed by atoms with Gasteiger partial charge in [-0.1, -0.05) is 25.5 Å². The van der Waals surface area contributed by atoms with Crippen molar-refractivity contribution >= 4 is 11.6 Å². The van der Waals surface area contributed by atoms with Crippen LogP contribution in [0.1, 0.15) is 58.8 Å². The standard InChI is InChI=1S/C20H26O2/c1-3-20-11-8-14(21)12-13(20)4-5-15-16-6-7-18(22)19(16,2)10-9-17(15)20/h8,11-12,15-17H,3-7,9-10H2,1-2H3/t15-,16-,17-,19-,20-/m0/s1. The summed E-state index contributed by atoms with van der Waals surface area (Å²) in [4.78, 5) is 24.2. The van der Waals surface area contributed by atoms with E-state index in [0.717, 1.165) is 38.5 Å². The van der Waals surface area contributed by atoms with Crippen LogP contribution in [0, 0.1) is 28.6 Å². The van der Waals surface area contributed by atoms with E-state index in [9.17, 15) is 9.59 Å². The summed E-state index contributed by atoms with van der Waals surface area (Å²) in [5.74, 6) is 2.55. The number of allylic oxidation sites excluding steroid dienone is 4. The molecule has 2 nitrogen and oxygen atoms in total. The van der Waals surface area contributed by atoms with Gasteiger partial charge in [0.05, 0.1) is 0 Å². The molecule has 0 radical (unpaired) electrons. The number of Topliss-reactive ketones (excluding diaryl/α,β-unsaturated/α-hetero) is 1. The van der Waals surface area contributed by atoms with Crippen molar-refractivity contribution in [3.63, 3.8) is 0 Å². The van der Waals surface area contributed by atoms with Gasteiger partial charge < -0.3 is 0 Å². The van der Waals surface area contributed by atoms with Gasteiger partial charge in [-0.25, -0.2) is 0 Å². The molecular formula is C20H26O2. The number of hydrogen-bond acceptors (Lipinski definition) is 2. The van der Waals surface area contributed by atoms with E-state index in [1.54, 1.807) is 6.08 Å². The molecule has 2 heteroatoms. The Morgan fingerprint density at radius 1 is 1.14 bits per heavy atom. The minimum Gasteiger partial charge on any atom is -0.299 e. The normalized spacial score (nSPS) is 46.8. The Kier molecular flexibility index (Phi) is 3.05. The van der Waals surface area contributed by atoms with Crippen LogP contribution < -0.4 is 0 Å². The topological polar surface area (TPSA) is 34.1 Å². The monoisotopic (exact) mass is 298 g/mol. The molecule has 118 valence electrons. The molecular weight excluding hydrogens is 272 g/mol. The van der Waals surface area contributed by atoms with Crippen molar-refractivity contribution in [1.29, 1.82) is 0 Å². The predicted octanol–water partition coefficient (Wildman–Crippen LogP) is 4.25. The fourth-order valence-corrected chi connectivity index (χ4v) is 6.39. The van der Waals surface area contributed by atoms with Crippen LogP contribution in [0.5, 0.6) is 0 Å². The molecule has 0 aliphatic heterocycles. The van der Waals surface area contributed by atoms with Gasteiger partial charge in [0.15, 0.2) is 5.78 Å². The Balaban J connectivity index is 1.74. The van der Waals surface area contributed by atoms with Crippen LogP contribution in [0.25, 0.3) is 0 Å². The van der Waals surface area contributed by atoms with Crippen molar-refractivity contribution < 1.29 is 9.59 Å². The van der Waals surface area contributed by atoms with E-state index < -0.39 is 0 Å². The average Bonchev–Trinajstić information content (AvgIpc) is 2.82. The maximum absolute atomic E-state index is 12.4. The number of carbonyl (C=O) groups excluding carboxylic acids is 2. The highest BCUT2D eigenvalue weighted by Crippen LogP contribution is 2.64. The molecule has 0 unspecified atom stereocenters. The number of rotatable bonds is 1. The molecule has 5 atom stereocenters. The Hall–Kier alpha value is -1.18. The zero-order chi connectivity index (χ0) is 15.5. The molecule has 3 saturated carbocycles. The molecule has 0 saturated heterocycles. The van der Waals surface area contributed by atoms with E-state index in [0.29, 0.717) is 23.5 Å². The third kappa shape index (κ3) is 1.67. The second kappa shape index (κ2) is 4.66. The molecule has 0 bridgehead atoms. The summed E-state index contributed by atoms with van der Waals surface area (Å²) in [5.41, 5.74) is 1.42. The third-order valence-electron chi connectivity index (χ3n) is 7.60. The van der Waals surface area contributed by atoms with Crippen molar-refractivity contribution in [3.05, 3.63) is 23.8 Å². The summed E-state index contributed by atoms with van der Waals surface area (Å²) >= 11 is 0. The van der Waals surface area contributed by atoms with Crippen LogP contribution in [0.3, 0.4) is 0 Å². The Labute approximate surface area is 133 Å². The zero-order valence-electron chi connectivity index (χ0n) is 13.7. The molecule has 4 aliphatic rings. The van der Waals surface area contributed by atoms with E-state index in [1.165, 1.54) is 12.0 Å². The first-order chi connectivity index (χ1) is 10.5. The summed E-state index contributed by atoms with van der Waals surface area (Å²) in [6, 6.07) is 0. The first kappa shape index (κ1) is 14.4. The summed E-state index contributed by atoms with van der Waals surface area (Å²) in [6.07, 6.45) is 13.3. The van der Waals surface area contributed by atoms with Crippen LogP contribution in [0.4, 0.5) is 0 Å². The lowest BCUT2D eigenvalue weighted by molar-refractivity contribution is -0.131. The van der Waals surface area contributed by atoms with Crippen molar-refractivity contribution in [2.24, 2.45) is 28.6 Å². The lowest BCUT2D eigenvalue weighted by Crippen LogP contribution is -2.50. The Morgan fingerprint density at radius 2 is 1.95 bits per heavy atom. The van der Waals surface area contributed by atoms with Crippen molar-refractivity contribution in [2.75, 3.05) is 0 Å². The molecule has 0 aromatic rings. The molecule has 0 N–H and O–H groups in total. The van der Waals surface area contributed by atoms with Gasteiger partial charge in [0.2, 0.25) is 0 Å². The van der Waals surface area contributed by atoms with Gasteiger partial charge in [-0.2, -0.15) is 0 Å². The van der Waals surface area contributed by atoms with Gasteiger partial charge in [0.1, 0.15) is 5.78 Å². The van der Waals surface area contributed by atoms with Crippen LogP contribution in [0.15, 0.2) is 23.8 Å². The van der Waals surface area contributed by atoms with Crippen LogP contribution >= 0.6 is 0 Å². The predicted molar refractivity (Wildman–Crippen MR) is 86.2 cm³/mol. The molecule has 0 heterocycles. The third-order valence-corrected chi connectivity index (χ3v) is 7.60. The molecule has 0 aromatic carbocycles. The number of fused-ring (bicyclic) bond motifs is 5. The molecule has 0 aromatic heterocycles. The van der Waals surface area contributed by atoms with Crippen molar-refractivity contribution in [1.82, 2.24) is 0 Å². The first-order valence-corrected chi connectivity index (χ1v) is 8.99. The van der Waals surface area contributed by atoms with E-state index in [-0.39, 0.29) is 16.6 Å². The smallest absolute Gasteiger partial charge is 0.178 e. The van der Waals surface area contributed by atoms with Gasteiger partial charge in [-0.05, 0) is 68.4 Å². The van der Waals surface area contributed by atoms with Crippen molar-refractivity contribution in [2.45, 2.75) is 58.8 Å². The molecule has 0 spiro atoms. The van der Waals surface area contributed by atoms with E-state index >= 15 is 0 Å². The summed E-state index contributed by atoms with van der Waals surface area (Å²) in [5, 5.41) is 0. The summed E-state index contributed by atoms with van der Waals surface area (Å²) < 4.78 is 0. The zero-order valence-corrected chi connectivity index (χ0v) is 13.7. The highest BCUT2D eigenvalue weighted by Gasteiger charge is 2.59. The maximum atomic E-state index is 12.4. The Bertz CT molecular complexity index is 599. The summed E-state index contributed by atoms with van der Waals surface area (Å²) in [6.45, 7) is 4.50. The van der Waals surface area contributed by atoms with Crippen LogP contribution in [-0.4, -0.2) is 11.6 Å². The minimum absolute atomic E-state index is 0.0501. The number of ketones is 2. The summed E-state index contributed by atoms with van der Waals surface area (Å²) in [7, 11) is 0. The second-order valence-corrected chi connectivity index (χ2v) is 8.13. The SMILES string of the molecule is CC[C@]12C=CC(=O)C=C1CC[C@H]1[C@@H]3CCC(=O)[C@@]3(C)CC[C@@H]12. The van der Waals surface area contributed by atoms with E-state index in [1.807, 2.05) is 6.08 Å². The Morgan fingerprint density at radius 3 is 2.73 bits per heavy atom. The quantitative estimate of drug-likeness (QED) is 0.725. The average molecular weight is 298 g/mol. The van der Waals surface area contributed by atoms with Gasteiger partial charge in [-0.3, -0.25) is 9.59 Å². The van der Waals surface area contributed by atoms with Crippen LogP contribution in [-0.2, 0) is 9.59 Å². The van der Waals surface area contributed by atoms with E-state index in [2.05, 4.69) is 19.9 Å². The number of hydrogen-bond donors (Lipinski definition) is 0. The van der Waals surface area contributed by atoms with Gasteiger partial charge >= 0.3 is 0 Å². The maximum Gasteiger partial charge on any atom is 0.178 e. The fraction of sp³-hybridized carbons (Fsp3) is 0.700. The lowest BCUT2D eigenvalue weighted by atomic mass is 9.47. The highest BCUT2D eigenvalue weighted by atomic mass is 16.1. The highest BCUT2D eigenvalue weighted by molar-refractivity contribution is 6.01. The molecule has 4 rings (SSSR count). The van der Waals surface area contributed by atoms with E-state index in [4.69, 9.17) is 0 Å². The molecule has 4 aliphatic carbocycles. The van der Waals surface area contributed by atoms with Gasteiger partial charge in [0.25, 0.3) is 0 Å². The lowest BCUT2D eigenvalue weighted by Gasteiger charge is -2.56.